The van der Waals surface area contributed by atoms with E-state index in [2.05, 4.69) is 5.32 Å². The number of nitrogens with one attached hydrogen (secondary N) is 1. The zero-order chi connectivity index (χ0) is 17.2. The maximum atomic E-state index is 11.3. The third-order valence-corrected chi connectivity index (χ3v) is 2.68. The fourth-order valence-electron chi connectivity index (χ4n) is 1.76. The molecule has 0 unspecified atom stereocenters. The van der Waals surface area contributed by atoms with Gasteiger partial charge >= 0.3 is 5.97 Å². The second-order valence-electron chi connectivity index (χ2n) is 4.52. The van der Waals surface area contributed by atoms with Crippen molar-refractivity contribution in [3.63, 3.8) is 0 Å². The molecular formula is C15H20N2O5. The van der Waals surface area contributed by atoms with Gasteiger partial charge in [-0.2, -0.15) is 0 Å². The maximum Gasteiger partial charge on any atom is 0.344 e. The van der Waals surface area contributed by atoms with E-state index in [1.807, 2.05) is 0 Å². The number of amides is 2. The van der Waals surface area contributed by atoms with E-state index in [4.69, 9.17) is 16.6 Å². The topological polar surface area (TPSA) is 108 Å². The number of carbonyl (C=O) groups is 3. The van der Waals surface area contributed by atoms with Gasteiger partial charge in [-0.25, -0.2) is 4.79 Å². The van der Waals surface area contributed by atoms with Crippen molar-refractivity contribution in [2.24, 2.45) is 5.73 Å². The van der Waals surface area contributed by atoms with Crippen molar-refractivity contribution < 1.29 is 25.2 Å². The fraction of sp³-hybridized carbons (Fsp3) is 0.400. The first-order chi connectivity index (χ1) is 10.9. The summed E-state index contributed by atoms with van der Waals surface area (Å²) in [6, 6.07) is 5.94. The minimum absolute atomic E-state index is 0.00111. The first-order valence-electron chi connectivity index (χ1n) is 7.36. The minimum Gasteiger partial charge on any atom is -0.482 e. The van der Waals surface area contributed by atoms with Crippen LogP contribution in [0, 0.1) is 0 Å². The first kappa shape index (κ1) is 15.8. The summed E-state index contributed by atoms with van der Waals surface area (Å²) in [6.45, 7) is 1.06. The second-order valence-corrected chi connectivity index (χ2v) is 4.52. The summed E-state index contributed by atoms with van der Waals surface area (Å²) >= 11 is 0. The lowest BCUT2D eigenvalue weighted by Gasteiger charge is -2.15. The van der Waals surface area contributed by atoms with Crippen LogP contribution in [0.2, 0.25) is 0 Å². The van der Waals surface area contributed by atoms with Crippen molar-refractivity contribution in [3.8, 4) is 5.75 Å². The Kier molecular flexibility index (Phi) is 6.22. The quantitative estimate of drug-likeness (QED) is 0.665. The van der Waals surface area contributed by atoms with Crippen molar-refractivity contribution in [2.45, 2.75) is 26.3 Å². The highest BCUT2D eigenvalue weighted by atomic mass is 16.6. The summed E-state index contributed by atoms with van der Waals surface area (Å²) < 4.78 is 16.9. The van der Waals surface area contributed by atoms with Crippen LogP contribution in [0.4, 0.5) is 0 Å². The number of primary amides is 1. The van der Waals surface area contributed by atoms with E-state index in [9.17, 15) is 14.4 Å². The molecule has 1 aromatic rings. The van der Waals surface area contributed by atoms with Gasteiger partial charge in [0.15, 0.2) is 6.61 Å². The molecule has 0 spiro atoms. The van der Waals surface area contributed by atoms with Crippen molar-refractivity contribution in [2.75, 3.05) is 13.2 Å². The van der Waals surface area contributed by atoms with Crippen molar-refractivity contribution in [1.82, 2.24) is 5.32 Å². The summed E-state index contributed by atoms with van der Waals surface area (Å²) in [5.41, 5.74) is 5.98. The fourth-order valence-corrected chi connectivity index (χ4v) is 1.76. The van der Waals surface area contributed by atoms with Gasteiger partial charge in [-0.1, -0.05) is 12.1 Å². The Labute approximate surface area is 130 Å². The molecule has 0 saturated carbocycles. The molecule has 22 heavy (non-hydrogen) atoms. The lowest BCUT2D eigenvalue weighted by atomic mass is 10.1. The van der Waals surface area contributed by atoms with E-state index in [1.54, 1.807) is 24.3 Å². The smallest absolute Gasteiger partial charge is 0.344 e. The van der Waals surface area contributed by atoms with Gasteiger partial charge in [-0.05, 0) is 24.6 Å². The summed E-state index contributed by atoms with van der Waals surface area (Å²) in [6.07, 6.45) is 0.218. The predicted molar refractivity (Wildman–Crippen MR) is 79.1 cm³/mol. The molecule has 120 valence electrons. The molecule has 7 nitrogen and oxygen atoms in total. The van der Waals surface area contributed by atoms with Crippen LogP contribution in [0.15, 0.2) is 24.3 Å². The predicted octanol–water partition coefficient (Wildman–Crippen LogP) is 0.161. The SMILES string of the molecule is [3H]CCOC(=O)COc1cccc(C[C@H](NC(C)=O)C(N)=O)c1. The van der Waals surface area contributed by atoms with Crippen LogP contribution in [0.5, 0.6) is 5.75 Å². The molecule has 3 N–H and O–H groups in total. The number of carbonyl (C=O) groups excluding carboxylic acids is 3. The summed E-state index contributed by atoms with van der Waals surface area (Å²) in [7, 11) is 0. The number of ether oxygens (including phenoxy) is 2. The molecule has 0 bridgehead atoms. The Bertz CT molecular complexity index is 565. The average Bonchev–Trinajstić information content (AvgIpc) is 2.50. The number of rotatable bonds is 8. The van der Waals surface area contributed by atoms with Gasteiger partial charge in [-0.3, -0.25) is 9.59 Å². The van der Waals surface area contributed by atoms with Crippen LogP contribution in [-0.4, -0.2) is 37.0 Å². The van der Waals surface area contributed by atoms with E-state index in [1.165, 1.54) is 6.92 Å². The Balaban J connectivity index is 2.63. The number of hydrogen-bond acceptors (Lipinski definition) is 5. The van der Waals surface area contributed by atoms with Crippen LogP contribution in [0.1, 0.15) is 20.8 Å². The summed E-state index contributed by atoms with van der Waals surface area (Å²) in [5.74, 6) is -1.11. The van der Waals surface area contributed by atoms with Crippen LogP contribution in [0.25, 0.3) is 0 Å². The molecule has 0 aliphatic carbocycles. The third-order valence-electron chi connectivity index (χ3n) is 2.68. The normalized spacial score (nSPS) is 12.0. The highest BCUT2D eigenvalue weighted by Gasteiger charge is 2.17. The number of nitrogens with two attached hydrogens (primary N) is 1. The van der Waals surface area contributed by atoms with Gasteiger partial charge in [0.2, 0.25) is 11.8 Å². The number of hydrogen-bond donors (Lipinski definition) is 2. The highest BCUT2D eigenvalue weighted by Crippen LogP contribution is 2.15. The van der Waals surface area contributed by atoms with Crippen LogP contribution < -0.4 is 15.8 Å². The molecule has 0 saturated heterocycles. The molecule has 1 aromatic carbocycles. The van der Waals surface area contributed by atoms with Gasteiger partial charge < -0.3 is 20.5 Å². The lowest BCUT2D eigenvalue weighted by Crippen LogP contribution is -2.44. The summed E-state index contributed by atoms with van der Waals surface area (Å²) in [4.78, 5) is 33.7. The Morgan fingerprint density at radius 2 is 2.18 bits per heavy atom. The molecule has 1 atom stereocenters. The molecule has 7 heteroatoms. The van der Waals surface area contributed by atoms with Crippen molar-refractivity contribution >= 4 is 17.8 Å². The first-order valence-corrected chi connectivity index (χ1v) is 6.65. The highest BCUT2D eigenvalue weighted by molar-refractivity contribution is 5.85. The monoisotopic (exact) mass is 310 g/mol. The molecule has 2 amide bonds. The summed E-state index contributed by atoms with van der Waals surface area (Å²) in [5, 5.41) is 2.47. The molecular weight excluding hydrogens is 288 g/mol. The van der Waals surface area contributed by atoms with Crippen LogP contribution >= 0.6 is 0 Å². The molecule has 1 rings (SSSR count). The maximum absolute atomic E-state index is 11.3. The van der Waals surface area contributed by atoms with E-state index in [-0.39, 0.29) is 32.4 Å². The molecule has 0 fully saturated rings. The van der Waals surface area contributed by atoms with E-state index in [0.29, 0.717) is 5.75 Å². The Morgan fingerprint density at radius 3 is 2.82 bits per heavy atom. The Morgan fingerprint density at radius 1 is 1.41 bits per heavy atom. The molecule has 0 aromatic heterocycles. The third kappa shape index (κ3) is 6.25. The zero-order valence-corrected chi connectivity index (χ0v) is 12.3. The van der Waals surface area contributed by atoms with Crippen LogP contribution in [-0.2, 0) is 25.5 Å². The zero-order valence-electron chi connectivity index (χ0n) is 13.3. The van der Waals surface area contributed by atoms with Gasteiger partial charge in [-0.15, -0.1) is 0 Å². The number of esters is 1. The molecule has 0 heterocycles. The van der Waals surface area contributed by atoms with Gasteiger partial charge in [0.25, 0.3) is 0 Å². The minimum atomic E-state index is -0.815. The molecule has 0 aliphatic heterocycles. The molecule has 0 aliphatic rings. The van der Waals surface area contributed by atoms with Gasteiger partial charge in [0.1, 0.15) is 11.8 Å². The number of benzene rings is 1. The van der Waals surface area contributed by atoms with Gasteiger partial charge in [0, 0.05) is 14.7 Å². The van der Waals surface area contributed by atoms with E-state index in [0.717, 1.165) is 5.56 Å². The lowest BCUT2D eigenvalue weighted by molar-refractivity contribution is -0.145. The second kappa shape index (κ2) is 8.66. The molecule has 0 radical (unpaired) electrons. The average molecular weight is 310 g/mol. The largest absolute Gasteiger partial charge is 0.482 e. The van der Waals surface area contributed by atoms with E-state index < -0.39 is 17.9 Å². The van der Waals surface area contributed by atoms with Crippen LogP contribution in [0.3, 0.4) is 0 Å². The standard InChI is InChI=1S/C15H20N2O5/c1-3-21-14(19)9-22-12-6-4-5-11(7-12)8-13(15(16)20)17-10(2)18/h4-7,13H,3,8-9H2,1-2H3,(H2,16,20)(H,17,18)/t13-/m0/s1/i1T. The van der Waals surface area contributed by atoms with Crippen molar-refractivity contribution in [3.05, 3.63) is 29.8 Å². The van der Waals surface area contributed by atoms with E-state index >= 15 is 0 Å². The van der Waals surface area contributed by atoms with Crippen molar-refractivity contribution in [1.29, 1.82) is 0 Å². The Hall–Kier alpha value is -2.57. The van der Waals surface area contributed by atoms with Gasteiger partial charge in [0.05, 0.1) is 6.61 Å².